The number of esters is 1. The van der Waals surface area contributed by atoms with E-state index in [1.54, 1.807) is 0 Å². The second-order valence-corrected chi connectivity index (χ2v) is 6.04. The minimum atomic E-state index is -0.196. The van der Waals surface area contributed by atoms with Crippen LogP contribution in [0.15, 0.2) is 0 Å². The van der Waals surface area contributed by atoms with Gasteiger partial charge in [0, 0.05) is 12.1 Å². The lowest BCUT2D eigenvalue weighted by Gasteiger charge is -2.39. The molecule has 0 aromatic carbocycles. The molecule has 5 heteroatoms. The molecule has 1 heterocycles. The van der Waals surface area contributed by atoms with Crippen LogP contribution in [0.4, 0.5) is 0 Å². The van der Waals surface area contributed by atoms with E-state index in [2.05, 4.69) is 17.1 Å². The summed E-state index contributed by atoms with van der Waals surface area (Å²) in [5.41, 5.74) is 0. The van der Waals surface area contributed by atoms with E-state index >= 15 is 0 Å². The van der Waals surface area contributed by atoms with Crippen LogP contribution in [0.1, 0.15) is 59.3 Å². The molecule has 1 saturated heterocycles. The van der Waals surface area contributed by atoms with Gasteiger partial charge in [0.1, 0.15) is 0 Å². The molecule has 5 nitrogen and oxygen atoms in total. The number of nitrogens with zero attached hydrogens (tertiary/aromatic N) is 1. The standard InChI is InChI=1S/C16H30N2O3/c1-5-8-12(2)17-16(20)13(3)18-10-7-6-9-14(18)11-15(19)21-4/h12-14H,5-11H2,1-4H3,(H,17,20). The molecule has 1 aliphatic rings. The Hall–Kier alpha value is -1.10. The van der Waals surface area contributed by atoms with Crippen LogP contribution in [0, 0.1) is 0 Å². The number of methoxy groups -OCH3 is 1. The van der Waals surface area contributed by atoms with Gasteiger partial charge < -0.3 is 10.1 Å². The van der Waals surface area contributed by atoms with Crippen LogP contribution >= 0.6 is 0 Å². The van der Waals surface area contributed by atoms with Crippen molar-refractivity contribution in [2.24, 2.45) is 0 Å². The Kier molecular flexibility index (Phi) is 7.72. The summed E-state index contributed by atoms with van der Waals surface area (Å²) in [4.78, 5) is 26.1. The average Bonchev–Trinajstić information content (AvgIpc) is 2.47. The van der Waals surface area contributed by atoms with Crippen molar-refractivity contribution < 1.29 is 14.3 Å². The quantitative estimate of drug-likeness (QED) is 0.731. The van der Waals surface area contributed by atoms with Crippen molar-refractivity contribution >= 4 is 11.9 Å². The number of amides is 1. The highest BCUT2D eigenvalue weighted by atomic mass is 16.5. The zero-order chi connectivity index (χ0) is 15.8. The number of hydrogen-bond donors (Lipinski definition) is 1. The molecule has 0 saturated carbocycles. The van der Waals surface area contributed by atoms with Gasteiger partial charge in [0.25, 0.3) is 0 Å². The predicted molar refractivity (Wildman–Crippen MR) is 83.0 cm³/mol. The zero-order valence-electron chi connectivity index (χ0n) is 13.9. The molecule has 122 valence electrons. The van der Waals surface area contributed by atoms with Crippen LogP contribution in [-0.2, 0) is 14.3 Å². The maximum absolute atomic E-state index is 12.4. The third kappa shape index (κ3) is 5.65. The van der Waals surface area contributed by atoms with Gasteiger partial charge in [0.2, 0.25) is 5.91 Å². The van der Waals surface area contributed by atoms with Gasteiger partial charge in [-0.05, 0) is 39.7 Å². The fourth-order valence-electron chi connectivity index (χ4n) is 3.05. The molecule has 1 amide bonds. The van der Waals surface area contributed by atoms with Crippen molar-refractivity contribution in [3.63, 3.8) is 0 Å². The lowest BCUT2D eigenvalue weighted by molar-refractivity contribution is -0.143. The average molecular weight is 298 g/mol. The highest BCUT2D eigenvalue weighted by Crippen LogP contribution is 2.22. The number of likely N-dealkylation sites (tertiary alicyclic amines) is 1. The first kappa shape index (κ1) is 18.0. The maximum Gasteiger partial charge on any atom is 0.307 e. The van der Waals surface area contributed by atoms with Gasteiger partial charge in [-0.3, -0.25) is 14.5 Å². The largest absolute Gasteiger partial charge is 0.469 e. The smallest absolute Gasteiger partial charge is 0.307 e. The van der Waals surface area contributed by atoms with Gasteiger partial charge in [-0.1, -0.05) is 19.8 Å². The molecule has 0 bridgehead atoms. The fourth-order valence-corrected chi connectivity index (χ4v) is 3.05. The molecule has 0 radical (unpaired) electrons. The summed E-state index contributed by atoms with van der Waals surface area (Å²) in [6.45, 7) is 6.96. The van der Waals surface area contributed by atoms with Gasteiger partial charge in [-0.2, -0.15) is 0 Å². The molecule has 0 aliphatic carbocycles. The summed E-state index contributed by atoms with van der Waals surface area (Å²) in [7, 11) is 1.41. The van der Waals surface area contributed by atoms with E-state index in [1.807, 2.05) is 13.8 Å². The summed E-state index contributed by atoms with van der Waals surface area (Å²) in [5, 5.41) is 3.07. The number of piperidine rings is 1. The zero-order valence-corrected chi connectivity index (χ0v) is 13.9. The number of nitrogens with one attached hydrogen (secondary N) is 1. The summed E-state index contributed by atoms with van der Waals surface area (Å²) in [6, 6.07) is 0.126. The van der Waals surface area contributed by atoms with E-state index in [4.69, 9.17) is 4.74 Å². The van der Waals surface area contributed by atoms with Crippen LogP contribution in [0.5, 0.6) is 0 Å². The van der Waals surface area contributed by atoms with E-state index in [0.717, 1.165) is 38.6 Å². The molecule has 1 fully saturated rings. The molecule has 1 N–H and O–H groups in total. The molecule has 1 aliphatic heterocycles. The maximum atomic E-state index is 12.4. The number of hydrogen-bond acceptors (Lipinski definition) is 4. The lowest BCUT2D eigenvalue weighted by Crippen LogP contribution is -2.53. The van der Waals surface area contributed by atoms with Crippen molar-refractivity contribution in [1.29, 1.82) is 0 Å². The Labute approximate surface area is 128 Å². The second kappa shape index (κ2) is 9.03. The van der Waals surface area contributed by atoms with Crippen LogP contribution in [0.2, 0.25) is 0 Å². The molecule has 0 spiro atoms. The number of carbonyl (C=O) groups excluding carboxylic acids is 2. The summed E-state index contributed by atoms with van der Waals surface area (Å²) >= 11 is 0. The fraction of sp³-hybridized carbons (Fsp3) is 0.875. The van der Waals surface area contributed by atoms with Crippen LogP contribution in [-0.4, -0.2) is 48.6 Å². The Morgan fingerprint density at radius 2 is 2.05 bits per heavy atom. The van der Waals surface area contributed by atoms with Gasteiger partial charge >= 0.3 is 5.97 Å². The molecular weight excluding hydrogens is 268 g/mol. The topological polar surface area (TPSA) is 58.6 Å². The van der Waals surface area contributed by atoms with E-state index in [1.165, 1.54) is 7.11 Å². The van der Waals surface area contributed by atoms with Gasteiger partial charge in [0.15, 0.2) is 0 Å². The third-order valence-corrected chi connectivity index (χ3v) is 4.29. The minimum absolute atomic E-state index is 0.0627. The number of ether oxygens (including phenoxy) is 1. The Bertz CT molecular complexity index is 346. The van der Waals surface area contributed by atoms with Gasteiger partial charge in [-0.25, -0.2) is 0 Å². The summed E-state index contributed by atoms with van der Waals surface area (Å²) in [6.07, 6.45) is 5.57. The molecule has 3 atom stereocenters. The van der Waals surface area contributed by atoms with E-state index < -0.39 is 0 Å². The Balaban J connectivity index is 2.61. The molecule has 21 heavy (non-hydrogen) atoms. The molecule has 1 rings (SSSR count). The SMILES string of the molecule is CCCC(C)NC(=O)C(C)N1CCCCC1CC(=O)OC. The third-order valence-electron chi connectivity index (χ3n) is 4.29. The van der Waals surface area contributed by atoms with Gasteiger partial charge in [0.05, 0.1) is 19.6 Å². The predicted octanol–water partition coefficient (Wildman–Crippen LogP) is 2.10. The summed E-state index contributed by atoms with van der Waals surface area (Å²) < 4.78 is 4.77. The van der Waals surface area contributed by atoms with E-state index in [0.29, 0.717) is 6.42 Å². The first-order chi connectivity index (χ1) is 9.99. The second-order valence-electron chi connectivity index (χ2n) is 6.04. The van der Waals surface area contributed by atoms with Crippen LogP contribution < -0.4 is 5.32 Å². The highest BCUT2D eigenvalue weighted by molar-refractivity contribution is 5.81. The Morgan fingerprint density at radius 3 is 2.67 bits per heavy atom. The molecule has 0 aromatic heterocycles. The van der Waals surface area contributed by atoms with Crippen LogP contribution in [0.3, 0.4) is 0 Å². The number of carbonyl (C=O) groups is 2. The minimum Gasteiger partial charge on any atom is -0.469 e. The van der Waals surface area contributed by atoms with E-state index in [9.17, 15) is 9.59 Å². The van der Waals surface area contributed by atoms with Crippen molar-refractivity contribution in [3.8, 4) is 0 Å². The van der Waals surface area contributed by atoms with Crippen molar-refractivity contribution in [3.05, 3.63) is 0 Å². The number of rotatable bonds is 7. The van der Waals surface area contributed by atoms with E-state index in [-0.39, 0.29) is 30.0 Å². The monoisotopic (exact) mass is 298 g/mol. The van der Waals surface area contributed by atoms with Crippen molar-refractivity contribution in [1.82, 2.24) is 10.2 Å². The first-order valence-electron chi connectivity index (χ1n) is 8.12. The molecular formula is C16H30N2O3. The first-order valence-corrected chi connectivity index (χ1v) is 8.12. The molecule has 3 unspecified atom stereocenters. The normalized spacial score (nSPS) is 22.4. The highest BCUT2D eigenvalue weighted by Gasteiger charge is 2.32. The lowest BCUT2D eigenvalue weighted by atomic mass is 9.97. The van der Waals surface area contributed by atoms with Crippen molar-refractivity contribution in [2.75, 3.05) is 13.7 Å². The summed E-state index contributed by atoms with van der Waals surface area (Å²) in [5.74, 6) is -0.133. The Morgan fingerprint density at radius 1 is 1.33 bits per heavy atom. The molecule has 0 aromatic rings. The van der Waals surface area contributed by atoms with Gasteiger partial charge in [-0.15, -0.1) is 0 Å². The van der Waals surface area contributed by atoms with Crippen LogP contribution in [0.25, 0.3) is 0 Å². The van der Waals surface area contributed by atoms with Crippen molar-refractivity contribution in [2.45, 2.75) is 77.4 Å².